The number of nitrogens with zero attached hydrogens (tertiary/aromatic N) is 3. The Bertz CT molecular complexity index is 596. The zero-order valence-electron chi connectivity index (χ0n) is 16.2. The molecular weight excluding hydrogens is 437 g/mol. The number of likely N-dealkylation sites (N-methyl/N-ethyl adjacent to an activating group) is 1. The van der Waals surface area contributed by atoms with Gasteiger partial charge in [-0.1, -0.05) is 19.1 Å². The molecule has 0 spiro atoms. The van der Waals surface area contributed by atoms with Crippen molar-refractivity contribution in [1.82, 2.24) is 9.80 Å². The van der Waals surface area contributed by atoms with Gasteiger partial charge in [-0.3, -0.25) is 4.99 Å². The smallest absolute Gasteiger partial charge is 0.193 e. The molecule has 0 aromatic heterocycles. The van der Waals surface area contributed by atoms with Gasteiger partial charge in [0, 0.05) is 45.0 Å². The molecule has 5 nitrogen and oxygen atoms in total. The van der Waals surface area contributed by atoms with Crippen LogP contribution in [0.5, 0.6) is 0 Å². The van der Waals surface area contributed by atoms with Crippen molar-refractivity contribution >= 4 is 35.6 Å². The van der Waals surface area contributed by atoms with Crippen LogP contribution in [0.1, 0.15) is 30.9 Å². The van der Waals surface area contributed by atoms with Crippen LogP contribution in [-0.2, 0) is 12.8 Å². The largest absolute Gasteiger partial charge is 0.370 e. The van der Waals surface area contributed by atoms with Crippen LogP contribution in [0.3, 0.4) is 0 Å². The summed E-state index contributed by atoms with van der Waals surface area (Å²) in [7, 11) is 2.19. The van der Waals surface area contributed by atoms with E-state index in [1.54, 1.807) is 0 Å². The van der Waals surface area contributed by atoms with Gasteiger partial charge in [-0.05, 0) is 55.8 Å². The fraction of sp³-hybridized carbons (Fsp3) is 0.650. The summed E-state index contributed by atoms with van der Waals surface area (Å²) in [5.74, 6) is 1.07. The Kier molecular flexibility index (Phi) is 8.63. The van der Waals surface area contributed by atoms with Crippen LogP contribution in [0.2, 0.25) is 0 Å². The van der Waals surface area contributed by atoms with E-state index in [4.69, 9.17) is 5.73 Å². The molecule has 1 aliphatic heterocycles. The van der Waals surface area contributed by atoms with Crippen LogP contribution in [0.25, 0.3) is 0 Å². The second kappa shape index (κ2) is 10.5. The second-order valence-electron chi connectivity index (χ2n) is 7.71. The fourth-order valence-electron chi connectivity index (χ4n) is 3.86. The zero-order valence-corrected chi connectivity index (χ0v) is 18.5. The molecule has 3 rings (SSSR count). The van der Waals surface area contributed by atoms with E-state index in [0.717, 1.165) is 38.3 Å². The van der Waals surface area contributed by atoms with Gasteiger partial charge in [0.05, 0.1) is 0 Å². The first-order valence-electron chi connectivity index (χ1n) is 9.70. The highest BCUT2D eigenvalue weighted by molar-refractivity contribution is 14.0. The number of aryl methyl sites for hydroxylation is 1. The molecule has 0 bridgehead atoms. The van der Waals surface area contributed by atoms with Gasteiger partial charge in [-0.2, -0.15) is 0 Å². The Hall–Kier alpha value is -0.860. The van der Waals surface area contributed by atoms with Gasteiger partial charge in [0.1, 0.15) is 0 Å². The number of piperazine rings is 1. The maximum Gasteiger partial charge on any atom is 0.193 e. The summed E-state index contributed by atoms with van der Waals surface area (Å²) < 4.78 is 0. The van der Waals surface area contributed by atoms with E-state index in [-0.39, 0.29) is 24.0 Å². The first-order chi connectivity index (χ1) is 12.1. The highest BCUT2D eigenvalue weighted by Gasteiger charge is 2.16. The van der Waals surface area contributed by atoms with Gasteiger partial charge in [-0.25, -0.2) is 0 Å². The van der Waals surface area contributed by atoms with Crippen molar-refractivity contribution in [3.63, 3.8) is 0 Å². The Balaban J connectivity index is 0.00000243. The lowest BCUT2D eigenvalue weighted by molar-refractivity contribution is 0.140. The number of anilines is 1. The average Bonchev–Trinajstić information content (AvgIpc) is 2.62. The van der Waals surface area contributed by atoms with Crippen molar-refractivity contribution in [2.24, 2.45) is 16.6 Å². The molecule has 6 heteroatoms. The van der Waals surface area contributed by atoms with E-state index in [0.29, 0.717) is 11.9 Å². The van der Waals surface area contributed by atoms with Crippen LogP contribution in [0.4, 0.5) is 5.69 Å². The molecule has 1 unspecified atom stereocenters. The quantitative estimate of drug-likeness (QED) is 0.394. The molecule has 0 amide bonds. The number of fused-ring (bicyclic) bond motifs is 1. The summed E-state index contributed by atoms with van der Waals surface area (Å²) in [5.41, 5.74) is 10.2. The predicted octanol–water partition coefficient (Wildman–Crippen LogP) is 2.79. The Morgan fingerprint density at radius 2 is 1.92 bits per heavy atom. The third kappa shape index (κ3) is 6.09. The molecule has 1 aliphatic carbocycles. The molecule has 1 saturated heterocycles. The first kappa shape index (κ1) is 21.4. The van der Waals surface area contributed by atoms with E-state index in [1.807, 2.05) is 0 Å². The highest BCUT2D eigenvalue weighted by Crippen LogP contribution is 2.27. The van der Waals surface area contributed by atoms with Crippen molar-refractivity contribution in [3.05, 3.63) is 29.3 Å². The number of benzene rings is 1. The third-order valence-corrected chi connectivity index (χ3v) is 5.40. The van der Waals surface area contributed by atoms with Gasteiger partial charge in [0.2, 0.25) is 0 Å². The fourth-order valence-corrected chi connectivity index (χ4v) is 3.86. The minimum Gasteiger partial charge on any atom is -0.370 e. The Morgan fingerprint density at radius 1 is 1.19 bits per heavy atom. The molecule has 1 fully saturated rings. The zero-order chi connectivity index (χ0) is 17.6. The van der Waals surface area contributed by atoms with Crippen LogP contribution in [0, 0.1) is 5.92 Å². The molecule has 1 heterocycles. The summed E-state index contributed by atoms with van der Waals surface area (Å²) in [6, 6.07) is 6.49. The van der Waals surface area contributed by atoms with Crippen molar-refractivity contribution in [2.75, 3.05) is 51.6 Å². The van der Waals surface area contributed by atoms with Crippen LogP contribution in [0.15, 0.2) is 23.2 Å². The summed E-state index contributed by atoms with van der Waals surface area (Å²) in [4.78, 5) is 9.52. The minimum atomic E-state index is 0. The molecule has 0 radical (unpaired) electrons. The first-order valence-corrected chi connectivity index (χ1v) is 9.70. The number of nitrogens with one attached hydrogen (secondary N) is 1. The number of rotatable bonds is 5. The lowest BCUT2D eigenvalue weighted by atomic mass is 9.90. The number of halogens is 1. The van der Waals surface area contributed by atoms with Crippen LogP contribution >= 0.6 is 24.0 Å². The van der Waals surface area contributed by atoms with Crippen molar-refractivity contribution in [2.45, 2.75) is 32.6 Å². The van der Waals surface area contributed by atoms with E-state index in [1.165, 1.54) is 43.5 Å². The molecule has 1 aromatic carbocycles. The van der Waals surface area contributed by atoms with Gasteiger partial charge in [-0.15, -0.1) is 24.0 Å². The topological polar surface area (TPSA) is 56.9 Å². The van der Waals surface area contributed by atoms with Crippen molar-refractivity contribution in [3.8, 4) is 0 Å². The number of aliphatic imine (C=N–C) groups is 1. The van der Waals surface area contributed by atoms with Crippen molar-refractivity contribution < 1.29 is 0 Å². The molecule has 146 valence electrons. The second-order valence-corrected chi connectivity index (χ2v) is 7.71. The number of hydrogen-bond acceptors (Lipinski definition) is 3. The molecule has 1 aromatic rings. The van der Waals surface area contributed by atoms with Gasteiger partial charge < -0.3 is 20.9 Å². The summed E-state index contributed by atoms with van der Waals surface area (Å²) >= 11 is 0. The maximum absolute atomic E-state index is 6.16. The standard InChI is InChI=1S/C20H33N5.HI/c1-16(15-25-12-10-24(2)11-13-25)14-22-20(21)23-19-9-5-7-17-6-3-4-8-18(17)19;/h5,7,9,16H,3-4,6,8,10-15H2,1-2H3,(H3,21,22,23);1H. The van der Waals surface area contributed by atoms with E-state index in [9.17, 15) is 0 Å². The van der Waals surface area contributed by atoms with E-state index in [2.05, 4.69) is 52.3 Å². The summed E-state index contributed by atoms with van der Waals surface area (Å²) in [5, 5.41) is 3.34. The van der Waals surface area contributed by atoms with Crippen molar-refractivity contribution in [1.29, 1.82) is 0 Å². The molecule has 2 aliphatic rings. The number of hydrogen-bond donors (Lipinski definition) is 2. The molecular formula is C20H34IN5. The Labute approximate surface area is 175 Å². The SMILES string of the molecule is CC(CN=C(N)Nc1cccc2c1CCCC2)CN1CCN(C)CC1.I. The van der Waals surface area contributed by atoms with Gasteiger partial charge in [0.15, 0.2) is 5.96 Å². The number of guanidine groups is 1. The Morgan fingerprint density at radius 3 is 2.69 bits per heavy atom. The normalized spacial score (nSPS) is 20.2. The van der Waals surface area contributed by atoms with Crippen LogP contribution < -0.4 is 11.1 Å². The molecule has 1 atom stereocenters. The minimum absolute atomic E-state index is 0. The van der Waals surface area contributed by atoms with E-state index >= 15 is 0 Å². The van der Waals surface area contributed by atoms with Gasteiger partial charge in [0.25, 0.3) is 0 Å². The lowest BCUT2D eigenvalue weighted by Gasteiger charge is -2.33. The monoisotopic (exact) mass is 471 g/mol. The molecule has 26 heavy (non-hydrogen) atoms. The molecule has 3 N–H and O–H groups in total. The average molecular weight is 471 g/mol. The third-order valence-electron chi connectivity index (χ3n) is 5.40. The van der Waals surface area contributed by atoms with E-state index < -0.39 is 0 Å². The summed E-state index contributed by atoms with van der Waals surface area (Å²) in [6.45, 7) is 8.80. The summed E-state index contributed by atoms with van der Waals surface area (Å²) in [6.07, 6.45) is 4.89. The maximum atomic E-state index is 6.16. The number of nitrogens with two attached hydrogens (primary N) is 1. The van der Waals surface area contributed by atoms with Crippen LogP contribution in [-0.4, -0.2) is 62.1 Å². The highest BCUT2D eigenvalue weighted by atomic mass is 127. The van der Waals surface area contributed by atoms with Gasteiger partial charge >= 0.3 is 0 Å². The lowest BCUT2D eigenvalue weighted by Crippen LogP contribution is -2.46. The molecule has 0 saturated carbocycles. The predicted molar refractivity (Wildman–Crippen MR) is 122 cm³/mol.